The smallest absolute Gasteiger partial charge is 0.306 e. The molecule has 1 aliphatic rings. The van der Waals surface area contributed by atoms with Crippen LogP contribution in [0.4, 0.5) is 0 Å². The number of ether oxygens (including phenoxy) is 2. The van der Waals surface area contributed by atoms with E-state index < -0.39 is 0 Å². The van der Waals surface area contributed by atoms with Crippen LogP contribution in [0.25, 0.3) is 0 Å². The fraction of sp³-hybridized carbons (Fsp3) is 0.857. The summed E-state index contributed by atoms with van der Waals surface area (Å²) in [5, 5.41) is 0. The van der Waals surface area contributed by atoms with Crippen molar-refractivity contribution in [3.63, 3.8) is 0 Å². The van der Waals surface area contributed by atoms with Crippen molar-refractivity contribution in [1.82, 2.24) is 0 Å². The van der Waals surface area contributed by atoms with Crippen LogP contribution < -0.4 is 0 Å². The zero-order valence-corrected chi connectivity index (χ0v) is 11.3. The average molecular weight is 256 g/mol. The quantitative estimate of drug-likeness (QED) is 0.677. The van der Waals surface area contributed by atoms with Gasteiger partial charge in [-0.05, 0) is 25.7 Å². The number of hydrogen-bond acceptors (Lipinski definition) is 4. The predicted octanol–water partition coefficient (Wildman–Crippen LogP) is 2.64. The Hall–Kier alpha value is -0.900. The van der Waals surface area contributed by atoms with E-state index in [1.54, 1.807) is 7.11 Å². The molecule has 0 radical (unpaired) electrons. The van der Waals surface area contributed by atoms with Gasteiger partial charge in [0.15, 0.2) is 5.78 Å². The molecule has 1 aliphatic heterocycles. The third-order valence-corrected chi connectivity index (χ3v) is 3.37. The van der Waals surface area contributed by atoms with Crippen LogP contribution in [0.1, 0.15) is 57.8 Å². The molecule has 1 unspecified atom stereocenters. The summed E-state index contributed by atoms with van der Waals surface area (Å²) in [6.07, 6.45) is 8.08. The van der Waals surface area contributed by atoms with E-state index in [9.17, 15) is 9.59 Å². The Morgan fingerprint density at radius 1 is 1.00 bits per heavy atom. The number of hydrogen-bond donors (Lipinski definition) is 0. The minimum atomic E-state index is -0.247. The van der Waals surface area contributed by atoms with E-state index >= 15 is 0 Å². The summed E-state index contributed by atoms with van der Waals surface area (Å²) in [4.78, 5) is 22.8. The molecule has 4 nitrogen and oxygen atoms in total. The highest BCUT2D eigenvalue weighted by Crippen LogP contribution is 2.15. The molecule has 0 aliphatic carbocycles. The molecule has 0 aromatic rings. The molecular weight excluding hydrogens is 232 g/mol. The second-order valence-corrected chi connectivity index (χ2v) is 4.90. The van der Waals surface area contributed by atoms with Crippen molar-refractivity contribution in [2.24, 2.45) is 0 Å². The van der Waals surface area contributed by atoms with Crippen LogP contribution in [0, 0.1) is 0 Å². The van der Waals surface area contributed by atoms with E-state index in [0.717, 1.165) is 44.9 Å². The highest BCUT2D eigenvalue weighted by molar-refractivity contribution is 5.82. The van der Waals surface area contributed by atoms with Crippen molar-refractivity contribution in [3.05, 3.63) is 0 Å². The van der Waals surface area contributed by atoms with Gasteiger partial charge in [-0.25, -0.2) is 0 Å². The third-order valence-electron chi connectivity index (χ3n) is 3.37. The van der Waals surface area contributed by atoms with Crippen LogP contribution in [-0.4, -0.2) is 31.6 Å². The van der Waals surface area contributed by atoms with Gasteiger partial charge in [0.1, 0.15) is 6.61 Å². The molecule has 0 amide bonds. The largest absolute Gasteiger partial charge is 0.458 e. The van der Waals surface area contributed by atoms with Gasteiger partial charge >= 0.3 is 5.97 Å². The lowest BCUT2D eigenvalue weighted by atomic mass is 10.0. The summed E-state index contributed by atoms with van der Waals surface area (Å²) in [6, 6.07) is 0. The first-order valence-corrected chi connectivity index (χ1v) is 6.92. The molecule has 1 fully saturated rings. The highest BCUT2D eigenvalue weighted by Gasteiger charge is 2.11. The van der Waals surface area contributed by atoms with Crippen molar-refractivity contribution in [2.45, 2.75) is 63.9 Å². The van der Waals surface area contributed by atoms with Crippen molar-refractivity contribution in [2.75, 3.05) is 13.7 Å². The van der Waals surface area contributed by atoms with Gasteiger partial charge in [0.25, 0.3) is 0 Å². The van der Waals surface area contributed by atoms with Crippen LogP contribution in [0.3, 0.4) is 0 Å². The van der Waals surface area contributed by atoms with E-state index in [2.05, 4.69) is 0 Å². The lowest BCUT2D eigenvalue weighted by Gasteiger charge is -2.15. The van der Waals surface area contributed by atoms with Crippen LogP contribution in [0.15, 0.2) is 0 Å². The highest BCUT2D eigenvalue weighted by atomic mass is 16.5. The van der Waals surface area contributed by atoms with Gasteiger partial charge in [0.2, 0.25) is 0 Å². The van der Waals surface area contributed by atoms with E-state index in [1.807, 2.05) is 0 Å². The zero-order valence-electron chi connectivity index (χ0n) is 11.3. The number of Topliss-reactive ketones (excluding diaryl/α,β-unsaturated/α-hetero) is 1. The van der Waals surface area contributed by atoms with Crippen LogP contribution in [-0.2, 0) is 19.1 Å². The Bertz CT molecular complexity index is 263. The molecule has 18 heavy (non-hydrogen) atoms. The second kappa shape index (κ2) is 9.09. The Kier molecular flexibility index (Phi) is 7.65. The van der Waals surface area contributed by atoms with Crippen molar-refractivity contribution in [3.8, 4) is 0 Å². The number of carbonyl (C=O) groups excluding carboxylic acids is 2. The molecule has 0 N–H and O–H groups in total. The van der Waals surface area contributed by atoms with E-state index in [1.165, 1.54) is 0 Å². The number of methoxy groups -OCH3 is 1. The lowest BCUT2D eigenvalue weighted by molar-refractivity contribution is -0.148. The van der Waals surface area contributed by atoms with Gasteiger partial charge in [0.05, 0.1) is 6.10 Å². The summed E-state index contributed by atoms with van der Waals surface area (Å²) in [6.45, 7) is -0.0491. The van der Waals surface area contributed by atoms with Gasteiger partial charge in [-0.3, -0.25) is 9.59 Å². The fourth-order valence-electron chi connectivity index (χ4n) is 2.20. The van der Waals surface area contributed by atoms with Gasteiger partial charge < -0.3 is 9.47 Å². The molecular formula is C14H24O4. The number of carbonyl (C=O) groups is 2. The first-order valence-electron chi connectivity index (χ1n) is 6.92. The number of esters is 1. The summed E-state index contributed by atoms with van der Waals surface area (Å²) in [5.41, 5.74) is 0. The molecule has 0 saturated carbocycles. The fourth-order valence-corrected chi connectivity index (χ4v) is 2.20. The van der Waals surface area contributed by atoms with Crippen LogP contribution >= 0.6 is 0 Å². The first-order chi connectivity index (χ1) is 8.72. The van der Waals surface area contributed by atoms with Crippen molar-refractivity contribution >= 4 is 11.8 Å². The predicted molar refractivity (Wildman–Crippen MR) is 68.3 cm³/mol. The summed E-state index contributed by atoms with van der Waals surface area (Å²) in [5.74, 6) is -0.224. The Morgan fingerprint density at radius 3 is 2.39 bits per heavy atom. The molecule has 1 saturated heterocycles. The normalized spacial score (nSPS) is 25.3. The first kappa shape index (κ1) is 15.2. The topological polar surface area (TPSA) is 52.6 Å². The molecule has 0 bridgehead atoms. The standard InChI is InChI=1S/C14H24O4/c1-17-13-8-3-2-4-10-14(16)18-11-12(15)7-5-6-9-13/h13H,2-11H2,1H3. The van der Waals surface area contributed by atoms with Crippen molar-refractivity contribution < 1.29 is 19.1 Å². The maximum Gasteiger partial charge on any atom is 0.306 e. The van der Waals surface area contributed by atoms with E-state index in [0.29, 0.717) is 18.9 Å². The average Bonchev–Trinajstić information content (AvgIpc) is 2.37. The molecule has 0 aromatic carbocycles. The van der Waals surface area contributed by atoms with Gasteiger partial charge in [-0.1, -0.05) is 19.3 Å². The molecule has 1 heterocycles. The van der Waals surface area contributed by atoms with Crippen LogP contribution in [0.5, 0.6) is 0 Å². The lowest BCUT2D eigenvalue weighted by Crippen LogP contribution is -2.15. The van der Waals surface area contributed by atoms with Gasteiger partial charge in [-0.2, -0.15) is 0 Å². The second-order valence-electron chi connectivity index (χ2n) is 4.90. The van der Waals surface area contributed by atoms with Crippen molar-refractivity contribution in [1.29, 1.82) is 0 Å². The SMILES string of the molecule is COC1CCCCCC(=O)OCC(=O)CCCC1. The van der Waals surface area contributed by atoms with E-state index in [4.69, 9.17) is 9.47 Å². The number of rotatable bonds is 1. The Morgan fingerprint density at radius 2 is 1.67 bits per heavy atom. The maximum atomic E-state index is 11.4. The molecule has 0 spiro atoms. The zero-order chi connectivity index (χ0) is 13.2. The van der Waals surface area contributed by atoms with Crippen LogP contribution in [0.2, 0.25) is 0 Å². The summed E-state index contributed by atoms with van der Waals surface area (Å²) < 4.78 is 10.4. The molecule has 1 atom stereocenters. The Balaban J connectivity index is 2.37. The number of ketones is 1. The van der Waals surface area contributed by atoms with E-state index in [-0.39, 0.29) is 18.4 Å². The summed E-state index contributed by atoms with van der Waals surface area (Å²) in [7, 11) is 1.75. The number of cyclic esters (lactones) is 1. The maximum absolute atomic E-state index is 11.4. The monoisotopic (exact) mass is 256 g/mol. The summed E-state index contributed by atoms with van der Waals surface area (Å²) >= 11 is 0. The molecule has 1 rings (SSSR count). The minimum Gasteiger partial charge on any atom is -0.458 e. The van der Waals surface area contributed by atoms with Gasteiger partial charge in [-0.15, -0.1) is 0 Å². The molecule has 0 aromatic heterocycles. The van der Waals surface area contributed by atoms with Gasteiger partial charge in [0, 0.05) is 20.0 Å². The molecule has 104 valence electrons. The molecule has 4 heteroatoms. The Labute approximate surface area is 109 Å². The third kappa shape index (κ3) is 6.74. The minimum absolute atomic E-state index is 0.0226.